The summed E-state index contributed by atoms with van der Waals surface area (Å²) in [6, 6.07) is 8.63. The van der Waals surface area contributed by atoms with E-state index in [2.05, 4.69) is 5.32 Å². The molecule has 7 heteroatoms. The number of aromatic hydroxyl groups is 2. The Morgan fingerprint density at radius 1 is 1.24 bits per heavy atom. The molecule has 0 atom stereocenters. The molecule has 2 rings (SSSR count). The number of nitro groups is 1. The van der Waals surface area contributed by atoms with Crippen LogP contribution in [-0.2, 0) is 6.54 Å². The summed E-state index contributed by atoms with van der Waals surface area (Å²) < 4.78 is 4.96. The van der Waals surface area contributed by atoms with Gasteiger partial charge in [-0.05, 0) is 24.3 Å². The first-order valence-corrected chi connectivity index (χ1v) is 6.08. The quantitative estimate of drug-likeness (QED) is 0.577. The third kappa shape index (κ3) is 3.33. The van der Waals surface area contributed by atoms with E-state index in [9.17, 15) is 20.3 Å². The summed E-state index contributed by atoms with van der Waals surface area (Å²) in [5.41, 5.74) is 0.707. The second-order valence-electron chi connectivity index (χ2n) is 4.31. The number of hydrogen-bond acceptors (Lipinski definition) is 6. The molecule has 21 heavy (non-hydrogen) atoms. The molecule has 110 valence electrons. The first-order chi connectivity index (χ1) is 10.0. The summed E-state index contributed by atoms with van der Waals surface area (Å²) in [5, 5.41) is 32.8. The van der Waals surface area contributed by atoms with Gasteiger partial charge in [0, 0.05) is 18.2 Å². The predicted octanol–water partition coefficient (Wildman–Crippen LogP) is 2.63. The van der Waals surface area contributed by atoms with Crippen LogP contribution in [-0.4, -0.2) is 22.2 Å². The van der Waals surface area contributed by atoms with Crippen molar-refractivity contribution in [2.45, 2.75) is 6.54 Å². The number of hydrogen-bond donors (Lipinski definition) is 3. The second kappa shape index (κ2) is 6.00. The average molecular weight is 290 g/mol. The molecule has 3 N–H and O–H groups in total. The van der Waals surface area contributed by atoms with E-state index in [1.54, 1.807) is 6.07 Å². The number of phenolic OH excluding ortho intramolecular Hbond substituents is 2. The summed E-state index contributed by atoms with van der Waals surface area (Å²) in [6.07, 6.45) is 0. The lowest BCUT2D eigenvalue weighted by Crippen LogP contribution is -2.03. The number of nitrogens with zero attached hydrogens (tertiary/aromatic N) is 1. The molecule has 0 heterocycles. The average Bonchev–Trinajstić information content (AvgIpc) is 2.46. The molecule has 2 aromatic carbocycles. The molecular formula is C14H14N2O5. The van der Waals surface area contributed by atoms with E-state index in [0.717, 1.165) is 0 Å². The number of nitro benzene ring substituents is 1. The maximum atomic E-state index is 11.0. The van der Waals surface area contributed by atoms with Crippen LogP contribution in [0.4, 0.5) is 11.4 Å². The monoisotopic (exact) mass is 290 g/mol. The molecule has 0 amide bonds. The first-order valence-electron chi connectivity index (χ1n) is 6.08. The standard InChI is InChI=1S/C14H14N2O5/c1-21-11-4-5-12(13(7-11)16(19)20)15-8-9-2-3-10(17)6-14(9)18/h2-7,15,17-18H,8H2,1H3. The van der Waals surface area contributed by atoms with Gasteiger partial charge in [0.2, 0.25) is 0 Å². The van der Waals surface area contributed by atoms with Crippen molar-refractivity contribution in [3.63, 3.8) is 0 Å². The summed E-state index contributed by atoms with van der Waals surface area (Å²) in [4.78, 5) is 10.5. The summed E-state index contributed by atoms with van der Waals surface area (Å²) >= 11 is 0. The second-order valence-corrected chi connectivity index (χ2v) is 4.31. The number of benzene rings is 2. The van der Waals surface area contributed by atoms with Crippen molar-refractivity contribution >= 4 is 11.4 Å². The minimum atomic E-state index is -0.512. The Morgan fingerprint density at radius 2 is 2.00 bits per heavy atom. The number of ether oxygens (including phenoxy) is 1. The van der Waals surface area contributed by atoms with Crippen LogP contribution in [0, 0.1) is 10.1 Å². The van der Waals surface area contributed by atoms with E-state index >= 15 is 0 Å². The van der Waals surface area contributed by atoms with E-state index in [1.807, 2.05) is 0 Å². The highest BCUT2D eigenvalue weighted by molar-refractivity contribution is 5.64. The van der Waals surface area contributed by atoms with E-state index in [0.29, 0.717) is 17.0 Å². The molecule has 0 aliphatic carbocycles. The SMILES string of the molecule is COc1ccc(NCc2ccc(O)cc2O)c([N+](=O)[O-])c1. The Kier molecular flexibility index (Phi) is 4.13. The Morgan fingerprint density at radius 3 is 2.62 bits per heavy atom. The third-order valence-electron chi connectivity index (χ3n) is 2.94. The van der Waals surface area contributed by atoms with E-state index < -0.39 is 4.92 Å². The molecule has 0 aliphatic rings. The fourth-order valence-electron chi connectivity index (χ4n) is 1.83. The van der Waals surface area contributed by atoms with Crippen molar-refractivity contribution < 1.29 is 19.9 Å². The number of rotatable bonds is 5. The van der Waals surface area contributed by atoms with Crippen LogP contribution < -0.4 is 10.1 Å². The van der Waals surface area contributed by atoms with Crippen molar-refractivity contribution in [3.05, 3.63) is 52.1 Å². The van der Waals surface area contributed by atoms with Crippen LogP contribution in [0.2, 0.25) is 0 Å². The van der Waals surface area contributed by atoms with Crippen molar-refractivity contribution in [1.29, 1.82) is 0 Å². The van der Waals surface area contributed by atoms with Gasteiger partial charge in [-0.15, -0.1) is 0 Å². The van der Waals surface area contributed by atoms with Crippen molar-refractivity contribution in [2.75, 3.05) is 12.4 Å². The Labute approximate surface area is 120 Å². The lowest BCUT2D eigenvalue weighted by molar-refractivity contribution is -0.384. The summed E-state index contributed by atoms with van der Waals surface area (Å²) in [6.45, 7) is 0.180. The highest BCUT2D eigenvalue weighted by Crippen LogP contribution is 2.30. The fourth-order valence-corrected chi connectivity index (χ4v) is 1.83. The first kappa shape index (κ1) is 14.4. The van der Waals surface area contributed by atoms with Gasteiger partial charge in [0.05, 0.1) is 18.1 Å². The van der Waals surface area contributed by atoms with Gasteiger partial charge in [0.25, 0.3) is 5.69 Å². The summed E-state index contributed by atoms with van der Waals surface area (Å²) in [7, 11) is 1.43. The maximum Gasteiger partial charge on any atom is 0.296 e. The molecule has 0 unspecified atom stereocenters. The largest absolute Gasteiger partial charge is 0.508 e. The zero-order valence-electron chi connectivity index (χ0n) is 11.2. The van der Waals surface area contributed by atoms with Crippen molar-refractivity contribution in [1.82, 2.24) is 0 Å². The molecule has 0 spiro atoms. The molecule has 0 aromatic heterocycles. The highest BCUT2D eigenvalue weighted by atomic mass is 16.6. The fraction of sp³-hybridized carbons (Fsp3) is 0.143. The van der Waals surface area contributed by atoms with Gasteiger partial charge in [-0.3, -0.25) is 10.1 Å². The lowest BCUT2D eigenvalue weighted by atomic mass is 10.2. The van der Waals surface area contributed by atoms with E-state index in [4.69, 9.17) is 4.74 Å². The third-order valence-corrected chi connectivity index (χ3v) is 2.94. The smallest absolute Gasteiger partial charge is 0.296 e. The topological polar surface area (TPSA) is 105 Å². The highest BCUT2D eigenvalue weighted by Gasteiger charge is 2.15. The van der Waals surface area contributed by atoms with Gasteiger partial charge in [-0.25, -0.2) is 0 Å². The van der Waals surface area contributed by atoms with Crippen LogP contribution >= 0.6 is 0 Å². The molecule has 0 saturated carbocycles. The normalized spacial score (nSPS) is 10.1. The van der Waals surface area contributed by atoms with E-state index in [-0.39, 0.29) is 23.7 Å². The van der Waals surface area contributed by atoms with Gasteiger partial charge in [-0.1, -0.05) is 0 Å². The minimum absolute atomic E-state index is 0.0494. The van der Waals surface area contributed by atoms with Gasteiger partial charge < -0.3 is 20.3 Å². The Hall–Kier alpha value is -2.96. The molecule has 7 nitrogen and oxygen atoms in total. The van der Waals surface area contributed by atoms with Gasteiger partial charge in [-0.2, -0.15) is 0 Å². The van der Waals surface area contributed by atoms with Gasteiger partial charge in [0.1, 0.15) is 22.9 Å². The predicted molar refractivity (Wildman–Crippen MR) is 76.7 cm³/mol. The number of phenols is 2. The number of nitrogens with one attached hydrogen (secondary N) is 1. The zero-order chi connectivity index (χ0) is 15.4. The zero-order valence-corrected chi connectivity index (χ0v) is 11.2. The molecule has 0 aliphatic heterocycles. The van der Waals surface area contributed by atoms with Crippen LogP contribution in [0.1, 0.15) is 5.56 Å². The van der Waals surface area contributed by atoms with Gasteiger partial charge >= 0.3 is 0 Å². The van der Waals surface area contributed by atoms with Crippen LogP contribution in [0.15, 0.2) is 36.4 Å². The Balaban J connectivity index is 2.21. The van der Waals surface area contributed by atoms with E-state index in [1.165, 1.54) is 37.4 Å². The Bertz CT molecular complexity index is 672. The van der Waals surface area contributed by atoms with Crippen LogP contribution in [0.3, 0.4) is 0 Å². The molecule has 0 radical (unpaired) electrons. The molecule has 2 aromatic rings. The molecular weight excluding hydrogens is 276 g/mol. The van der Waals surface area contributed by atoms with Crippen molar-refractivity contribution in [3.8, 4) is 17.2 Å². The maximum absolute atomic E-state index is 11.0. The molecule has 0 fully saturated rings. The lowest BCUT2D eigenvalue weighted by Gasteiger charge is -2.10. The van der Waals surface area contributed by atoms with Crippen LogP contribution in [0.5, 0.6) is 17.2 Å². The number of anilines is 1. The van der Waals surface area contributed by atoms with Gasteiger partial charge in [0.15, 0.2) is 0 Å². The van der Waals surface area contributed by atoms with Crippen molar-refractivity contribution in [2.24, 2.45) is 0 Å². The minimum Gasteiger partial charge on any atom is -0.508 e. The molecule has 0 saturated heterocycles. The molecule has 0 bridgehead atoms. The number of methoxy groups -OCH3 is 1. The summed E-state index contributed by atoms with van der Waals surface area (Å²) in [5.74, 6) is 0.255. The van der Waals surface area contributed by atoms with Crippen LogP contribution in [0.25, 0.3) is 0 Å².